The summed E-state index contributed by atoms with van der Waals surface area (Å²) in [6.45, 7) is 14.3. The third-order valence-corrected chi connectivity index (χ3v) is 14.2. The SMILES string of the molecule is CC(C)(C)c1ccc2c(c1)C1(c3ccc4c(oc5ccccc54)c3-c3n(-c4ccccc4-c4ccccc4)c4ccccc4[n+]31)[n+]1cc([Si](C)(C)C)ccc1-2. The molecular formula is C50H43N3OSi+2. The molecule has 55 heavy (non-hydrogen) atoms. The number of rotatable bonds is 3. The van der Waals surface area contributed by atoms with Gasteiger partial charge < -0.3 is 4.42 Å². The van der Waals surface area contributed by atoms with Crippen molar-refractivity contribution >= 4 is 46.2 Å². The predicted molar refractivity (Wildman–Crippen MR) is 227 cm³/mol. The standard InChI is InChI=1S/C50H43N3OSi/c1-49(2,3)33-24-26-38-40(30-33)50(51-31-34(55(4,5)6)25-29-41(38)51)39-28-27-37-36-19-11-15-23-45(36)54-47(37)46(39)48-52(43-21-13-14-22-44(43)53(48)50)42-20-12-10-18-35(42)32-16-8-7-9-17-32/h7-31H,1-6H3/q+2. The van der Waals surface area contributed by atoms with E-state index in [0.29, 0.717) is 0 Å². The summed E-state index contributed by atoms with van der Waals surface area (Å²) in [6, 6.07) is 53.9. The Hall–Kier alpha value is -6.04. The quantitative estimate of drug-likeness (QED) is 0.131. The van der Waals surface area contributed by atoms with Crippen molar-refractivity contribution in [2.24, 2.45) is 0 Å². The Morgan fingerprint density at radius 1 is 0.655 bits per heavy atom. The molecular weight excluding hydrogens is 687 g/mol. The molecule has 6 aromatic carbocycles. The zero-order valence-corrected chi connectivity index (χ0v) is 33.2. The average molecular weight is 730 g/mol. The van der Waals surface area contributed by atoms with Crippen LogP contribution in [-0.2, 0) is 11.1 Å². The lowest BCUT2D eigenvalue weighted by atomic mass is 9.82. The molecule has 1 spiro atoms. The maximum atomic E-state index is 7.06. The molecule has 0 aliphatic carbocycles. The highest BCUT2D eigenvalue weighted by atomic mass is 28.3. The van der Waals surface area contributed by atoms with Gasteiger partial charge >= 0.3 is 11.5 Å². The summed E-state index contributed by atoms with van der Waals surface area (Å²) in [5, 5.41) is 3.70. The molecule has 2 aliphatic heterocycles. The maximum Gasteiger partial charge on any atom is 0.364 e. The topological polar surface area (TPSA) is 25.8 Å². The Balaban J connectivity index is 1.40. The van der Waals surface area contributed by atoms with Gasteiger partial charge in [-0.2, -0.15) is 4.57 Å². The van der Waals surface area contributed by atoms with Crippen molar-refractivity contribution in [3.63, 3.8) is 0 Å². The largest absolute Gasteiger partial charge is 0.455 e. The molecule has 2 aliphatic rings. The highest BCUT2D eigenvalue weighted by molar-refractivity contribution is 6.88. The van der Waals surface area contributed by atoms with E-state index in [-0.39, 0.29) is 5.41 Å². The monoisotopic (exact) mass is 729 g/mol. The Bertz CT molecular complexity index is 3000. The number of hydrogen-bond donors (Lipinski definition) is 0. The van der Waals surface area contributed by atoms with Crippen molar-refractivity contribution in [2.45, 2.75) is 51.5 Å². The van der Waals surface area contributed by atoms with Gasteiger partial charge in [0.1, 0.15) is 16.8 Å². The Kier molecular flexibility index (Phi) is 6.49. The third kappa shape index (κ3) is 4.27. The first kappa shape index (κ1) is 32.4. The number of imidazole rings is 1. The lowest BCUT2D eigenvalue weighted by Crippen LogP contribution is -2.72. The summed E-state index contributed by atoms with van der Waals surface area (Å²) < 4.78 is 14.9. The molecule has 0 saturated heterocycles. The van der Waals surface area contributed by atoms with E-state index in [1.54, 1.807) is 0 Å². The summed E-state index contributed by atoms with van der Waals surface area (Å²) in [7, 11) is -1.74. The molecule has 4 nitrogen and oxygen atoms in total. The van der Waals surface area contributed by atoms with E-state index in [1.165, 1.54) is 49.8 Å². The smallest absolute Gasteiger partial charge is 0.364 e. The minimum absolute atomic E-state index is 0.0423. The zero-order valence-electron chi connectivity index (χ0n) is 32.2. The lowest BCUT2D eigenvalue weighted by Gasteiger charge is -2.24. The second kappa shape index (κ2) is 11.0. The number of furan rings is 1. The van der Waals surface area contributed by atoms with E-state index in [4.69, 9.17) is 4.42 Å². The normalized spacial score (nSPS) is 15.9. The molecule has 0 N–H and O–H groups in total. The molecule has 9 aromatic rings. The molecule has 0 bridgehead atoms. The first-order valence-electron chi connectivity index (χ1n) is 19.4. The van der Waals surface area contributed by atoms with Gasteiger partial charge in [-0.1, -0.05) is 131 Å². The van der Waals surface area contributed by atoms with Gasteiger partial charge in [0.25, 0.3) is 0 Å². The summed E-state index contributed by atoms with van der Waals surface area (Å²) in [6.07, 6.45) is 2.50. The van der Waals surface area contributed by atoms with Gasteiger partial charge in [0.2, 0.25) is 5.69 Å². The first-order valence-corrected chi connectivity index (χ1v) is 22.9. The van der Waals surface area contributed by atoms with Gasteiger partial charge in [-0.05, 0) is 65.1 Å². The van der Waals surface area contributed by atoms with Crippen molar-refractivity contribution < 1.29 is 13.6 Å². The van der Waals surface area contributed by atoms with Crippen LogP contribution in [0.25, 0.3) is 72.4 Å². The van der Waals surface area contributed by atoms with Gasteiger partial charge in [-0.25, -0.2) is 0 Å². The van der Waals surface area contributed by atoms with Crippen LogP contribution in [0, 0.1) is 0 Å². The van der Waals surface area contributed by atoms with Crippen molar-refractivity contribution in [2.75, 3.05) is 0 Å². The minimum atomic E-state index is -1.74. The van der Waals surface area contributed by atoms with Gasteiger partial charge in [0.15, 0.2) is 22.8 Å². The van der Waals surface area contributed by atoms with E-state index >= 15 is 0 Å². The molecule has 1 atom stereocenters. The van der Waals surface area contributed by atoms with Crippen LogP contribution < -0.4 is 14.3 Å². The molecule has 0 saturated carbocycles. The fraction of sp³-hybridized carbons (Fsp3) is 0.160. The summed E-state index contributed by atoms with van der Waals surface area (Å²) >= 11 is 0. The van der Waals surface area contributed by atoms with Gasteiger partial charge in [-0.3, -0.25) is 0 Å². The van der Waals surface area contributed by atoms with E-state index in [9.17, 15) is 0 Å². The van der Waals surface area contributed by atoms with Crippen molar-refractivity contribution in [3.8, 4) is 39.5 Å². The lowest BCUT2D eigenvalue weighted by molar-refractivity contribution is -0.944. The fourth-order valence-corrected chi connectivity index (χ4v) is 10.6. The number of para-hydroxylation sites is 4. The molecule has 266 valence electrons. The fourth-order valence-electron chi connectivity index (χ4n) is 9.50. The second-order valence-electron chi connectivity index (χ2n) is 17.4. The average Bonchev–Trinajstić information content (AvgIpc) is 3.90. The highest BCUT2D eigenvalue weighted by Gasteiger charge is 2.67. The number of fused-ring (bicyclic) bond motifs is 16. The van der Waals surface area contributed by atoms with Crippen LogP contribution >= 0.6 is 0 Å². The first-order chi connectivity index (χ1) is 26.6. The molecule has 0 radical (unpaired) electrons. The molecule has 0 fully saturated rings. The molecule has 0 amide bonds. The number of aromatic nitrogens is 3. The summed E-state index contributed by atoms with van der Waals surface area (Å²) in [5.41, 5.74) is 14.4. The van der Waals surface area contributed by atoms with E-state index in [2.05, 4.69) is 206 Å². The maximum absolute atomic E-state index is 7.06. The van der Waals surface area contributed by atoms with Gasteiger partial charge in [-0.15, -0.1) is 9.13 Å². The zero-order chi connectivity index (χ0) is 37.4. The van der Waals surface area contributed by atoms with E-state index < -0.39 is 13.7 Å². The second-order valence-corrected chi connectivity index (χ2v) is 22.5. The van der Waals surface area contributed by atoms with Crippen LogP contribution in [0.5, 0.6) is 0 Å². The van der Waals surface area contributed by atoms with Crippen LogP contribution in [0.4, 0.5) is 0 Å². The van der Waals surface area contributed by atoms with Crippen LogP contribution in [0.1, 0.15) is 37.5 Å². The molecule has 5 heteroatoms. The van der Waals surface area contributed by atoms with Crippen molar-refractivity contribution in [1.29, 1.82) is 0 Å². The summed E-state index contributed by atoms with van der Waals surface area (Å²) in [5.74, 6) is 1.12. The number of hydrogen-bond acceptors (Lipinski definition) is 1. The van der Waals surface area contributed by atoms with Crippen molar-refractivity contribution in [1.82, 2.24) is 4.57 Å². The number of benzene rings is 6. The number of nitrogens with zero attached hydrogens (tertiary/aromatic N) is 3. The van der Waals surface area contributed by atoms with Crippen LogP contribution in [0.15, 0.2) is 156 Å². The Morgan fingerprint density at radius 2 is 1.40 bits per heavy atom. The molecule has 1 unspecified atom stereocenters. The molecule has 5 heterocycles. The van der Waals surface area contributed by atoms with Gasteiger partial charge in [0.05, 0.1) is 24.8 Å². The Morgan fingerprint density at radius 3 is 2.22 bits per heavy atom. The van der Waals surface area contributed by atoms with Crippen LogP contribution in [0.2, 0.25) is 19.6 Å². The van der Waals surface area contributed by atoms with Crippen molar-refractivity contribution in [3.05, 3.63) is 168 Å². The molecule has 3 aromatic heterocycles. The van der Waals surface area contributed by atoms with Gasteiger partial charge in [0, 0.05) is 27.6 Å². The number of pyridine rings is 1. The summed E-state index contributed by atoms with van der Waals surface area (Å²) in [4.78, 5) is 0. The predicted octanol–water partition coefficient (Wildman–Crippen LogP) is 10.9. The minimum Gasteiger partial charge on any atom is -0.455 e. The third-order valence-electron chi connectivity index (χ3n) is 12.2. The molecule has 11 rings (SSSR count). The van der Waals surface area contributed by atoms with Crippen LogP contribution in [0.3, 0.4) is 0 Å². The highest BCUT2D eigenvalue weighted by Crippen LogP contribution is 2.53. The van der Waals surface area contributed by atoms with E-state index in [0.717, 1.165) is 44.5 Å². The van der Waals surface area contributed by atoms with Crippen LogP contribution in [-0.4, -0.2) is 12.6 Å². The Labute approximate surface area is 322 Å². The van der Waals surface area contributed by atoms with E-state index in [1.807, 2.05) is 0 Å².